The van der Waals surface area contributed by atoms with E-state index in [0.717, 1.165) is 23.8 Å². The molecule has 3 rings (SSSR count). The van der Waals surface area contributed by atoms with Crippen molar-refractivity contribution in [2.45, 2.75) is 25.8 Å². The molecule has 0 radical (unpaired) electrons. The zero-order valence-corrected chi connectivity index (χ0v) is 15.6. The van der Waals surface area contributed by atoms with Crippen molar-refractivity contribution in [3.63, 3.8) is 0 Å². The zero-order chi connectivity index (χ0) is 15.4. The lowest BCUT2D eigenvalue weighted by molar-refractivity contribution is 0.102. The van der Waals surface area contributed by atoms with Crippen molar-refractivity contribution in [1.29, 1.82) is 0 Å². The summed E-state index contributed by atoms with van der Waals surface area (Å²) in [5.74, 6) is 0.280. The van der Waals surface area contributed by atoms with Gasteiger partial charge in [0.25, 0.3) is 5.91 Å². The molecule has 3 N–H and O–H groups in total. The third-order valence-corrected chi connectivity index (χ3v) is 4.54. The first-order valence-corrected chi connectivity index (χ1v) is 8.31. The van der Waals surface area contributed by atoms with Crippen LogP contribution in [0, 0.1) is 0 Å². The van der Waals surface area contributed by atoms with Crippen LogP contribution in [-0.2, 0) is 6.54 Å². The van der Waals surface area contributed by atoms with E-state index in [0.29, 0.717) is 18.1 Å². The minimum atomic E-state index is -0.255. The lowest BCUT2D eigenvalue weighted by atomic mass is 10.1. The average molecular weight is 390 g/mol. The number of aromatic nitrogens is 2. The molecule has 132 valence electrons. The van der Waals surface area contributed by atoms with Gasteiger partial charge in [-0.25, -0.2) is 9.97 Å². The minimum Gasteiger partial charge on any atom is -0.370 e. The number of carbonyl (C=O) groups is 1. The molecule has 6 nitrogen and oxygen atoms in total. The van der Waals surface area contributed by atoms with Crippen LogP contribution < -0.4 is 16.0 Å². The van der Waals surface area contributed by atoms with E-state index in [1.54, 1.807) is 5.38 Å². The highest BCUT2D eigenvalue weighted by atomic mass is 35.5. The van der Waals surface area contributed by atoms with Gasteiger partial charge in [-0.1, -0.05) is 0 Å². The summed E-state index contributed by atoms with van der Waals surface area (Å²) in [5.41, 5.74) is 6.99. The fraction of sp³-hybridized carbons (Fsp3) is 0.400. The first-order chi connectivity index (χ1) is 10.8. The molecule has 0 aromatic carbocycles. The molecule has 0 saturated carbocycles. The van der Waals surface area contributed by atoms with Crippen molar-refractivity contribution in [3.05, 3.63) is 34.4 Å². The molecule has 1 aliphatic heterocycles. The first kappa shape index (κ1) is 20.6. The highest BCUT2D eigenvalue weighted by molar-refractivity contribution is 7.09. The van der Waals surface area contributed by atoms with Crippen LogP contribution in [0.25, 0.3) is 0 Å². The molecular formula is C15H21Cl2N5OS. The van der Waals surface area contributed by atoms with Gasteiger partial charge < -0.3 is 16.0 Å². The fourth-order valence-corrected chi connectivity index (χ4v) is 3.14. The molecule has 0 unspecified atom stereocenters. The summed E-state index contributed by atoms with van der Waals surface area (Å²) in [6, 6.07) is 3.83. The molecule has 1 fully saturated rings. The molecule has 1 amide bonds. The smallest absolute Gasteiger partial charge is 0.276 e. The number of nitrogens with two attached hydrogens (primary N) is 1. The number of hydrogen-bond donors (Lipinski definition) is 2. The number of thiazole rings is 1. The number of halogens is 2. The standard InChI is InChI=1S/C15H19N5OS.2ClH/c16-8-14-18-12(10-22-14)15(21)19-13-5-4-11(9-17-13)20-6-2-1-3-7-20;;/h4-5,9-10H,1-3,6-8,16H2,(H,17,19,21);2*1H. The Morgan fingerprint density at radius 1 is 1.25 bits per heavy atom. The van der Waals surface area contributed by atoms with Crippen molar-refractivity contribution in [2.75, 3.05) is 23.3 Å². The molecule has 0 atom stereocenters. The second-order valence-corrected chi connectivity index (χ2v) is 6.18. The molecular weight excluding hydrogens is 369 g/mol. The summed E-state index contributed by atoms with van der Waals surface area (Å²) in [4.78, 5) is 22.9. The van der Waals surface area contributed by atoms with E-state index >= 15 is 0 Å². The maximum atomic E-state index is 12.1. The molecule has 2 aromatic heterocycles. The van der Waals surface area contributed by atoms with E-state index in [4.69, 9.17) is 5.73 Å². The lowest BCUT2D eigenvalue weighted by Crippen LogP contribution is -2.29. The maximum absolute atomic E-state index is 12.1. The van der Waals surface area contributed by atoms with Crippen LogP contribution in [0.2, 0.25) is 0 Å². The molecule has 0 bridgehead atoms. The fourth-order valence-electron chi connectivity index (χ4n) is 2.49. The molecule has 0 aliphatic carbocycles. The number of nitrogens with one attached hydrogen (secondary N) is 1. The van der Waals surface area contributed by atoms with Crippen LogP contribution in [-0.4, -0.2) is 29.0 Å². The van der Waals surface area contributed by atoms with Crippen LogP contribution in [0.4, 0.5) is 11.5 Å². The van der Waals surface area contributed by atoms with Crippen LogP contribution in [0.1, 0.15) is 34.8 Å². The zero-order valence-electron chi connectivity index (χ0n) is 13.1. The Morgan fingerprint density at radius 3 is 2.58 bits per heavy atom. The van der Waals surface area contributed by atoms with Crippen LogP contribution >= 0.6 is 36.2 Å². The Kier molecular flexibility index (Phi) is 8.41. The summed E-state index contributed by atoms with van der Waals surface area (Å²) in [5, 5.41) is 5.22. The molecule has 0 spiro atoms. The second-order valence-electron chi connectivity index (χ2n) is 5.23. The van der Waals surface area contributed by atoms with Crippen molar-refractivity contribution in [3.8, 4) is 0 Å². The quantitative estimate of drug-likeness (QED) is 0.838. The van der Waals surface area contributed by atoms with Crippen molar-refractivity contribution >= 4 is 53.6 Å². The maximum Gasteiger partial charge on any atom is 0.276 e. The average Bonchev–Trinajstić information content (AvgIpc) is 3.06. The summed E-state index contributed by atoms with van der Waals surface area (Å²) in [6.45, 7) is 2.50. The van der Waals surface area contributed by atoms with E-state index in [1.165, 1.54) is 30.6 Å². The normalized spacial score (nSPS) is 13.6. The molecule has 1 aliphatic rings. The third kappa shape index (κ3) is 5.04. The van der Waals surface area contributed by atoms with Crippen molar-refractivity contribution < 1.29 is 4.79 Å². The number of carbonyl (C=O) groups excluding carboxylic acids is 1. The van der Waals surface area contributed by atoms with Gasteiger partial charge in [0.15, 0.2) is 0 Å². The topological polar surface area (TPSA) is 84.1 Å². The van der Waals surface area contributed by atoms with E-state index in [2.05, 4.69) is 20.2 Å². The van der Waals surface area contributed by atoms with Gasteiger partial charge in [-0.3, -0.25) is 4.79 Å². The van der Waals surface area contributed by atoms with Gasteiger partial charge >= 0.3 is 0 Å². The van der Waals surface area contributed by atoms with E-state index in [9.17, 15) is 4.79 Å². The number of piperidine rings is 1. The Labute approximate surface area is 157 Å². The van der Waals surface area contributed by atoms with Gasteiger partial charge in [0.05, 0.1) is 11.9 Å². The summed E-state index contributed by atoms with van der Waals surface area (Å²) in [7, 11) is 0. The Hall–Kier alpha value is -1.41. The van der Waals surface area contributed by atoms with Gasteiger partial charge in [-0.05, 0) is 31.4 Å². The Morgan fingerprint density at radius 2 is 2.00 bits per heavy atom. The lowest BCUT2D eigenvalue weighted by Gasteiger charge is -2.28. The van der Waals surface area contributed by atoms with Crippen LogP contribution in [0.5, 0.6) is 0 Å². The molecule has 24 heavy (non-hydrogen) atoms. The van der Waals surface area contributed by atoms with Gasteiger partial charge in [-0.2, -0.15) is 0 Å². The van der Waals surface area contributed by atoms with Gasteiger partial charge in [0, 0.05) is 25.0 Å². The van der Waals surface area contributed by atoms with Crippen molar-refractivity contribution in [1.82, 2.24) is 9.97 Å². The van der Waals surface area contributed by atoms with Crippen LogP contribution in [0.3, 0.4) is 0 Å². The Bertz CT molecular complexity index is 644. The predicted molar refractivity (Wildman–Crippen MR) is 103 cm³/mol. The Balaban J connectivity index is 0.00000144. The monoisotopic (exact) mass is 389 g/mol. The van der Waals surface area contributed by atoms with Gasteiger partial charge in [-0.15, -0.1) is 36.2 Å². The summed E-state index contributed by atoms with van der Waals surface area (Å²) in [6.07, 6.45) is 5.57. The van der Waals surface area contributed by atoms with E-state index in [-0.39, 0.29) is 30.7 Å². The van der Waals surface area contributed by atoms with Crippen molar-refractivity contribution in [2.24, 2.45) is 5.73 Å². The third-order valence-electron chi connectivity index (χ3n) is 3.67. The number of hydrogen-bond acceptors (Lipinski definition) is 6. The number of anilines is 2. The van der Waals surface area contributed by atoms with Gasteiger partial charge in [0.2, 0.25) is 0 Å². The second kappa shape index (κ2) is 9.78. The number of amides is 1. The predicted octanol–water partition coefficient (Wildman–Crippen LogP) is 3.08. The van der Waals surface area contributed by atoms with Gasteiger partial charge in [0.1, 0.15) is 16.5 Å². The number of pyridine rings is 1. The summed E-state index contributed by atoms with van der Waals surface area (Å²) < 4.78 is 0. The molecule has 9 heteroatoms. The van der Waals surface area contributed by atoms with E-state index < -0.39 is 0 Å². The minimum absolute atomic E-state index is 0. The highest BCUT2D eigenvalue weighted by Crippen LogP contribution is 2.20. The largest absolute Gasteiger partial charge is 0.370 e. The van der Waals surface area contributed by atoms with E-state index in [1.807, 2.05) is 18.3 Å². The van der Waals surface area contributed by atoms with Crippen LogP contribution in [0.15, 0.2) is 23.7 Å². The highest BCUT2D eigenvalue weighted by Gasteiger charge is 2.13. The SMILES string of the molecule is Cl.Cl.NCc1nc(C(=O)Nc2ccc(N3CCCCC3)cn2)cs1. The molecule has 3 heterocycles. The molecule has 2 aromatic rings. The molecule has 1 saturated heterocycles. The number of rotatable bonds is 4. The number of nitrogens with zero attached hydrogens (tertiary/aromatic N) is 3. The first-order valence-electron chi connectivity index (χ1n) is 7.43. The summed E-state index contributed by atoms with van der Waals surface area (Å²) >= 11 is 1.39.